The predicted molar refractivity (Wildman–Crippen MR) is 77.5 cm³/mol. The quantitative estimate of drug-likeness (QED) is 0.938. The second-order valence-corrected chi connectivity index (χ2v) is 5.15. The monoisotopic (exact) mass is 290 g/mol. The van der Waals surface area contributed by atoms with Crippen LogP contribution in [0.15, 0.2) is 42.5 Å². The number of aliphatic hydroxyl groups is 1. The Morgan fingerprint density at radius 2 is 2.05 bits per heavy atom. The molecule has 4 heteroatoms. The lowest BCUT2D eigenvalue weighted by molar-refractivity contribution is 0.235. The molecule has 0 saturated heterocycles. The molecule has 1 N–H and O–H groups in total. The van der Waals surface area contributed by atoms with Crippen molar-refractivity contribution in [3.63, 3.8) is 0 Å². The SMILES string of the molecule is OCc1cccc(Cl)c1OCC1COc2ccccc21. The summed E-state index contributed by atoms with van der Waals surface area (Å²) in [6, 6.07) is 13.3. The average Bonchev–Trinajstić information content (AvgIpc) is 2.89. The van der Waals surface area contributed by atoms with Gasteiger partial charge in [-0.05, 0) is 12.1 Å². The molecule has 2 aromatic rings. The summed E-state index contributed by atoms with van der Waals surface area (Å²) in [7, 11) is 0. The van der Waals surface area contributed by atoms with Gasteiger partial charge in [0.1, 0.15) is 11.5 Å². The van der Waals surface area contributed by atoms with E-state index in [4.69, 9.17) is 21.1 Å². The second-order valence-electron chi connectivity index (χ2n) is 4.74. The molecule has 0 fully saturated rings. The van der Waals surface area contributed by atoms with E-state index in [9.17, 15) is 5.11 Å². The lowest BCUT2D eigenvalue weighted by atomic mass is 10.0. The van der Waals surface area contributed by atoms with E-state index in [-0.39, 0.29) is 12.5 Å². The number of para-hydroxylation sites is 2. The van der Waals surface area contributed by atoms with E-state index in [0.29, 0.717) is 29.5 Å². The molecule has 0 radical (unpaired) electrons. The first kappa shape index (κ1) is 13.3. The molecule has 104 valence electrons. The van der Waals surface area contributed by atoms with Crippen LogP contribution in [0.1, 0.15) is 17.0 Å². The number of hydrogen-bond acceptors (Lipinski definition) is 3. The molecule has 0 amide bonds. The second kappa shape index (κ2) is 5.73. The molecular weight excluding hydrogens is 276 g/mol. The lowest BCUT2D eigenvalue weighted by Gasteiger charge is -2.15. The topological polar surface area (TPSA) is 38.7 Å². The van der Waals surface area contributed by atoms with Gasteiger partial charge in [0.25, 0.3) is 0 Å². The van der Waals surface area contributed by atoms with Crippen molar-refractivity contribution in [2.45, 2.75) is 12.5 Å². The molecule has 1 atom stereocenters. The Labute approximate surface area is 122 Å². The van der Waals surface area contributed by atoms with E-state index in [1.165, 1.54) is 0 Å². The van der Waals surface area contributed by atoms with Gasteiger partial charge in [0, 0.05) is 11.1 Å². The molecule has 1 heterocycles. The van der Waals surface area contributed by atoms with E-state index >= 15 is 0 Å². The van der Waals surface area contributed by atoms with Gasteiger partial charge in [-0.2, -0.15) is 0 Å². The molecule has 2 aromatic carbocycles. The molecular formula is C16H15ClO3. The summed E-state index contributed by atoms with van der Waals surface area (Å²) in [5.41, 5.74) is 1.86. The average molecular weight is 291 g/mol. The van der Waals surface area contributed by atoms with Crippen LogP contribution in [0.4, 0.5) is 0 Å². The van der Waals surface area contributed by atoms with Crippen LogP contribution in [-0.2, 0) is 6.61 Å². The van der Waals surface area contributed by atoms with Crippen LogP contribution in [0.25, 0.3) is 0 Å². The number of hydrogen-bond donors (Lipinski definition) is 1. The summed E-state index contributed by atoms with van der Waals surface area (Å²) in [6.07, 6.45) is 0. The Bertz CT molecular complexity index is 612. The molecule has 3 rings (SSSR count). The third-order valence-corrected chi connectivity index (χ3v) is 3.74. The van der Waals surface area contributed by atoms with Crippen LogP contribution in [-0.4, -0.2) is 18.3 Å². The predicted octanol–water partition coefficient (Wildman–Crippen LogP) is 3.39. The molecule has 20 heavy (non-hydrogen) atoms. The maximum Gasteiger partial charge on any atom is 0.143 e. The van der Waals surface area contributed by atoms with Gasteiger partial charge in [-0.1, -0.05) is 41.9 Å². The van der Waals surface area contributed by atoms with Crippen molar-refractivity contribution in [2.75, 3.05) is 13.2 Å². The first-order valence-corrected chi connectivity index (χ1v) is 6.90. The molecule has 3 nitrogen and oxygen atoms in total. The summed E-state index contributed by atoms with van der Waals surface area (Å²) < 4.78 is 11.5. The maximum absolute atomic E-state index is 9.33. The van der Waals surface area contributed by atoms with Crippen LogP contribution < -0.4 is 9.47 Å². The van der Waals surface area contributed by atoms with Crippen LogP contribution in [0.3, 0.4) is 0 Å². The van der Waals surface area contributed by atoms with Gasteiger partial charge in [0.2, 0.25) is 0 Å². The Morgan fingerprint density at radius 3 is 2.90 bits per heavy atom. The van der Waals surface area contributed by atoms with Gasteiger partial charge in [0.05, 0.1) is 30.8 Å². The minimum Gasteiger partial charge on any atom is -0.493 e. The third kappa shape index (κ3) is 2.47. The Morgan fingerprint density at radius 1 is 1.20 bits per heavy atom. The van der Waals surface area contributed by atoms with Crippen molar-refractivity contribution in [1.82, 2.24) is 0 Å². The van der Waals surface area contributed by atoms with Crippen LogP contribution in [0.5, 0.6) is 11.5 Å². The van der Waals surface area contributed by atoms with E-state index in [2.05, 4.69) is 6.07 Å². The van der Waals surface area contributed by atoms with Crippen molar-refractivity contribution in [3.8, 4) is 11.5 Å². The summed E-state index contributed by atoms with van der Waals surface area (Å²) in [5.74, 6) is 1.66. The first-order valence-electron chi connectivity index (χ1n) is 6.52. The maximum atomic E-state index is 9.33. The van der Waals surface area contributed by atoms with Crippen molar-refractivity contribution in [3.05, 3.63) is 58.6 Å². The van der Waals surface area contributed by atoms with Crippen LogP contribution in [0, 0.1) is 0 Å². The third-order valence-electron chi connectivity index (χ3n) is 3.45. The fourth-order valence-corrected chi connectivity index (χ4v) is 2.64. The van der Waals surface area contributed by atoms with Crippen molar-refractivity contribution in [1.29, 1.82) is 0 Å². The Balaban J connectivity index is 1.75. The summed E-state index contributed by atoms with van der Waals surface area (Å²) >= 11 is 6.13. The number of rotatable bonds is 4. The van der Waals surface area contributed by atoms with Gasteiger partial charge in [-0.3, -0.25) is 0 Å². The summed E-state index contributed by atoms with van der Waals surface area (Å²) in [4.78, 5) is 0. The van der Waals surface area contributed by atoms with E-state index in [0.717, 1.165) is 11.3 Å². The minimum atomic E-state index is -0.0896. The molecule has 1 unspecified atom stereocenters. The fourth-order valence-electron chi connectivity index (χ4n) is 2.39. The van der Waals surface area contributed by atoms with Gasteiger partial charge < -0.3 is 14.6 Å². The molecule has 0 aliphatic carbocycles. The van der Waals surface area contributed by atoms with Gasteiger partial charge in [-0.15, -0.1) is 0 Å². The minimum absolute atomic E-state index is 0.0896. The van der Waals surface area contributed by atoms with Crippen molar-refractivity contribution < 1.29 is 14.6 Å². The lowest BCUT2D eigenvalue weighted by Crippen LogP contribution is -2.12. The first-order chi connectivity index (χ1) is 9.79. The number of ether oxygens (including phenoxy) is 2. The Hall–Kier alpha value is -1.71. The van der Waals surface area contributed by atoms with E-state index in [1.807, 2.05) is 18.2 Å². The standard InChI is InChI=1S/C16H15ClO3/c17-14-6-3-4-11(8-18)16(14)20-10-12-9-19-15-7-2-1-5-13(12)15/h1-7,12,18H,8-10H2. The highest BCUT2D eigenvalue weighted by atomic mass is 35.5. The number of benzene rings is 2. The van der Waals surface area contributed by atoms with Gasteiger partial charge in [0.15, 0.2) is 0 Å². The Kier molecular flexibility index (Phi) is 3.81. The molecule has 1 aliphatic rings. The van der Waals surface area contributed by atoms with Gasteiger partial charge >= 0.3 is 0 Å². The molecule has 0 saturated carbocycles. The number of fused-ring (bicyclic) bond motifs is 1. The van der Waals surface area contributed by atoms with Crippen molar-refractivity contribution >= 4 is 11.6 Å². The number of aliphatic hydroxyl groups excluding tert-OH is 1. The van der Waals surface area contributed by atoms with Crippen LogP contribution >= 0.6 is 11.6 Å². The smallest absolute Gasteiger partial charge is 0.143 e. The highest BCUT2D eigenvalue weighted by Gasteiger charge is 2.24. The summed E-state index contributed by atoms with van der Waals surface area (Å²) in [5, 5.41) is 9.85. The summed E-state index contributed by atoms with van der Waals surface area (Å²) in [6.45, 7) is 1.000. The molecule has 1 aliphatic heterocycles. The van der Waals surface area contributed by atoms with E-state index in [1.54, 1.807) is 18.2 Å². The zero-order valence-electron chi connectivity index (χ0n) is 10.9. The molecule has 0 spiro atoms. The van der Waals surface area contributed by atoms with Gasteiger partial charge in [-0.25, -0.2) is 0 Å². The zero-order chi connectivity index (χ0) is 13.9. The van der Waals surface area contributed by atoms with Crippen molar-refractivity contribution in [2.24, 2.45) is 0 Å². The highest BCUT2D eigenvalue weighted by Crippen LogP contribution is 2.35. The van der Waals surface area contributed by atoms with Crippen LogP contribution in [0.2, 0.25) is 5.02 Å². The normalized spacial score (nSPS) is 16.6. The molecule has 0 bridgehead atoms. The largest absolute Gasteiger partial charge is 0.493 e. The fraction of sp³-hybridized carbons (Fsp3) is 0.250. The number of halogens is 1. The zero-order valence-corrected chi connectivity index (χ0v) is 11.6. The molecule has 0 aromatic heterocycles. The van der Waals surface area contributed by atoms with E-state index < -0.39 is 0 Å². The highest BCUT2D eigenvalue weighted by molar-refractivity contribution is 6.32.